The number of piperazine rings is 1. The highest BCUT2D eigenvalue weighted by molar-refractivity contribution is 5.95. The monoisotopic (exact) mass is 321 g/mol. The minimum absolute atomic E-state index is 0.101. The third kappa shape index (κ3) is 3.88. The molecular weight excluding hydrogens is 298 g/mol. The van der Waals surface area contributed by atoms with E-state index in [4.69, 9.17) is 4.74 Å². The molecule has 1 aromatic heterocycles. The molecule has 8 heteroatoms. The first kappa shape index (κ1) is 17.0. The molecule has 0 aromatic carbocycles. The van der Waals surface area contributed by atoms with E-state index in [2.05, 4.69) is 9.97 Å². The van der Waals surface area contributed by atoms with Gasteiger partial charge in [-0.1, -0.05) is 0 Å². The second-order valence-electron chi connectivity index (χ2n) is 5.54. The predicted octanol–water partition coefficient (Wildman–Crippen LogP) is 0.765. The van der Waals surface area contributed by atoms with Crippen molar-refractivity contribution in [3.05, 3.63) is 17.5 Å². The van der Waals surface area contributed by atoms with Gasteiger partial charge < -0.3 is 19.4 Å². The van der Waals surface area contributed by atoms with Crippen molar-refractivity contribution >= 4 is 17.9 Å². The molecule has 1 saturated heterocycles. The Balaban J connectivity index is 2.01. The molecule has 2 heterocycles. The van der Waals surface area contributed by atoms with Crippen LogP contribution in [-0.4, -0.2) is 78.6 Å². The Kier molecular flexibility index (Phi) is 5.36. The standard InChI is InChI=1S/C15H23N5O3/c1-5-23-15(22)20-8-6-19(7-9-20)13(21)12-10-16-14(18(3)4)17-11(12)2/h10H,5-9H2,1-4H3. The van der Waals surface area contributed by atoms with Gasteiger partial charge in [-0.15, -0.1) is 0 Å². The first-order chi connectivity index (χ1) is 10.9. The normalized spacial score (nSPS) is 14.6. The van der Waals surface area contributed by atoms with Crippen molar-refractivity contribution < 1.29 is 14.3 Å². The van der Waals surface area contributed by atoms with E-state index >= 15 is 0 Å². The molecule has 1 aliphatic rings. The average Bonchev–Trinajstić information content (AvgIpc) is 2.54. The molecule has 1 aliphatic heterocycles. The minimum atomic E-state index is -0.325. The van der Waals surface area contributed by atoms with Crippen molar-refractivity contribution in [3.8, 4) is 0 Å². The summed E-state index contributed by atoms with van der Waals surface area (Å²) in [6, 6.07) is 0. The van der Waals surface area contributed by atoms with Crippen molar-refractivity contribution in [2.75, 3.05) is 51.8 Å². The fraction of sp³-hybridized carbons (Fsp3) is 0.600. The predicted molar refractivity (Wildman–Crippen MR) is 85.6 cm³/mol. The van der Waals surface area contributed by atoms with Gasteiger partial charge in [-0.25, -0.2) is 14.8 Å². The van der Waals surface area contributed by atoms with Crippen LogP contribution in [0.3, 0.4) is 0 Å². The Morgan fingerprint density at radius 2 is 1.83 bits per heavy atom. The number of rotatable bonds is 3. The van der Waals surface area contributed by atoms with Crippen molar-refractivity contribution in [1.82, 2.24) is 19.8 Å². The van der Waals surface area contributed by atoms with E-state index in [1.807, 2.05) is 14.1 Å². The molecule has 0 aliphatic carbocycles. The zero-order valence-corrected chi connectivity index (χ0v) is 14.1. The first-order valence-electron chi connectivity index (χ1n) is 7.66. The average molecular weight is 321 g/mol. The van der Waals surface area contributed by atoms with Crippen LogP contribution in [0.25, 0.3) is 0 Å². The van der Waals surface area contributed by atoms with Crippen LogP contribution >= 0.6 is 0 Å². The smallest absolute Gasteiger partial charge is 0.409 e. The van der Waals surface area contributed by atoms with Gasteiger partial charge in [0, 0.05) is 46.5 Å². The molecule has 0 radical (unpaired) electrons. The number of carbonyl (C=O) groups is 2. The van der Waals surface area contributed by atoms with E-state index in [-0.39, 0.29) is 12.0 Å². The van der Waals surface area contributed by atoms with E-state index in [1.165, 1.54) is 0 Å². The summed E-state index contributed by atoms with van der Waals surface area (Å²) in [5.41, 5.74) is 1.15. The van der Waals surface area contributed by atoms with Gasteiger partial charge in [0.25, 0.3) is 5.91 Å². The lowest BCUT2D eigenvalue weighted by Gasteiger charge is -2.34. The zero-order chi connectivity index (χ0) is 17.0. The molecular formula is C15H23N5O3. The number of aromatic nitrogens is 2. The quantitative estimate of drug-likeness (QED) is 0.818. The molecule has 0 N–H and O–H groups in total. The van der Waals surface area contributed by atoms with Crippen LogP contribution in [0.5, 0.6) is 0 Å². The molecule has 0 atom stereocenters. The summed E-state index contributed by atoms with van der Waals surface area (Å²) >= 11 is 0. The van der Waals surface area contributed by atoms with Gasteiger partial charge >= 0.3 is 6.09 Å². The Hall–Kier alpha value is -2.38. The number of aryl methyl sites for hydroxylation is 1. The number of ether oxygens (including phenoxy) is 1. The van der Waals surface area contributed by atoms with Crippen molar-refractivity contribution in [2.45, 2.75) is 13.8 Å². The van der Waals surface area contributed by atoms with Crippen LogP contribution in [0.15, 0.2) is 6.20 Å². The van der Waals surface area contributed by atoms with Gasteiger partial charge in [0.05, 0.1) is 17.9 Å². The van der Waals surface area contributed by atoms with Gasteiger partial charge in [0.1, 0.15) is 0 Å². The zero-order valence-electron chi connectivity index (χ0n) is 14.1. The number of nitrogens with zero attached hydrogens (tertiary/aromatic N) is 5. The maximum absolute atomic E-state index is 12.6. The summed E-state index contributed by atoms with van der Waals surface area (Å²) in [4.78, 5) is 37.9. The number of hydrogen-bond donors (Lipinski definition) is 0. The molecule has 23 heavy (non-hydrogen) atoms. The highest BCUT2D eigenvalue weighted by Gasteiger charge is 2.26. The molecule has 0 bridgehead atoms. The van der Waals surface area contributed by atoms with Crippen LogP contribution < -0.4 is 4.90 Å². The molecule has 0 spiro atoms. The lowest BCUT2D eigenvalue weighted by Crippen LogP contribution is -2.50. The Bertz CT molecular complexity index is 582. The first-order valence-corrected chi connectivity index (χ1v) is 7.66. The summed E-state index contributed by atoms with van der Waals surface area (Å²) in [7, 11) is 3.70. The minimum Gasteiger partial charge on any atom is -0.450 e. The maximum Gasteiger partial charge on any atom is 0.409 e. The Morgan fingerprint density at radius 1 is 1.22 bits per heavy atom. The SMILES string of the molecule is CCOC(=O)N1CCN(C(=O)c2cnc(N(C)C)nc2C)CC1. The third-order valence-corrected chi connectivity index (χ3v) is 3.69. The molecule has 126 valence electrons. The molecule has 1 aromatic rings. The van der Waals surface area contributed by atoms with Crippen molar-refractivity contribution in [1.29, 1.82) is 0 Å². The summed E-state index contributed by atoms with van der Waals surface area (Å²) in [5.74, 6) is 0.475. The summed E-state index contributed by atoms with van der Waals surface area (Å²) in [6.45, 7) is 5.83. The van der Waals surface area contributed by atoms with Crippen molar-refractivity contribution in [3.63, 3.8) is 0 Å². The van der Waals surface area contributed by atoms with Crippen LogP contribution in [0, 0.1) is 6.92 Å². The van der Waals surface area contributed by atoms with E-state index in [1.54, 1.807) is 34.7 Å². The van der Waals surface area contributed by atoms with Gasteiger partial charge in [-0.3, -0.25) is 4.79 Å². The molecule has 0 saturated carbocycles. The molecule has 2 amide bonds. The second-order valence-corrected chi connectivity index (χ2v) is 5.54. The van der Waals surface area contributed by atoms with E-state index < -0.39 is 0 Å². The van der Waals surface area contributed by atoms with Gasteiger partial charge in [-0.2, -0.15) is 0 Å². The highest BCUT2D eigenvalue weighted by atomic mass is 16.6. The number of amides is 2. The van der Waals surface area contributed by atoms with Crippen LogP contribution in [0.4, 0.5) is 10.7 Å². The maximum atomic E-state index is 12.6. The van der Waals surface area contributed by atoms with Crippen LogP contribution in [0.1, 0.15) is 23.0 Å². The second kappa shape index (κ2) is 7.26. The van der Waals surface area contributed by atoms with Gasteiger partial charge in [-0.05, 0) is 13.8 Å². The molecule has 0 unspecified atom stereocenters. The Morgan fingerprint density at radius 3 is 2.35 bits per heavy atom. The topological polar surface area (TPSA) is 78.9 Å². The lowest BCUT2D eigenvalue weighted by molar-refractivity contribution is 0.0569. The van der Waals surface area contributed by atoms with Crippen molar-refractivity contribution in [2.24, 2.45) is 0 Å². The van der Waals surface area contributed by atoms with E-state index in [0.29, 0.717) is 50.0 Å². The lowest BCUT2D eigenvalue weighted by atomic mass is 10.2. The molecule has 1 fully saturated rings. The fourth-order valence-corrected chi connectivity index (χ4v) is 2.36. The number of anilines is 1. The number of carbonyl (C=O) groups excluding carboxylic acids is 2. The van der Waals surface area contributed by atoms with Crippen LogP contribution in [-0.2, 0) is 4.74 Å². The largest absolute Gasteiger partial charge is 0.450 e. The van der Waals surface area contributed by atoms with Crippen LogP contribution in [0.2, 0.25) is 0 Å². The highest BCUT2D eigenvalue weighted by Crippen LogP contribution is 2.14. The summed E-state index contributed by atoms with van der Waals surface area (Å²) in [6.07, 6.45) is 1.24. The van der Waals surface area contributed by atoms with Gasteiger partial charge in [0.15, 0.2) is 0 Å². The molecule has 2 rings (SSSR count). The molecule has 8 nitrogen and oxygen atoms in total. The summed E-state index contributed by atoms with van der Waals surface area (Å²) < 4.78 is 4.98. The third-order valence-electron chi connectivity index (χ3n) is 3.69. The number of hydrogen-bond acceptors (Lipinski definition) is 6. The van der Waals surface area contributed by atoms with Gasteiger partial charge in [0.2, 0.25) is 5.95 Å². The Labute approximate surface area is 136 Å². The van der Waals surface area contributed by atoms with E-state index in [0.717, 1.165) is 0 Å². The fourth-order valence-electron chi connectivity index (χ4n) is 2.36. The van der Waals surface area contributed by atoms with E-state index in [9.17, 15) is 9.59 Å². The summed E-state index contributed by atoms with van der Waals surface area (Å²) in [5, 5.41) is 0.